The van der Waals surface area contributed by atoms with Crippen LogP contribution in [-0.2, 0) is 11.2 Å². The van der Waals surface area contributed by atoms with E-state index in [0.29, 0.717) is 19.0 Å². The van der Waals surface area contributed by atoms with Crippen LogP contribution in [0.5, 0.6) is 5.75 Å². The molecule has 31 heavy (non-hydrogen) atoms. The van der Waals surface area contributed by atoms with E-state index in [9.17, 15) is 27.6 Å². The Kier molecular flexibility index (Phi) is 6.47. The third-order valence-corrected chi connectivity index (χ3v) is 4.58. The summed E-state index contributed by atoms with van der Waals surface area (Å²) in [5.41, 5.74) is -0.701. The zero-order valence-corrected chi connectivity index (χ0v) is 16.5. The van der Waals surface area contributed by atoms with Crippen LogP contribution in [0.1, 0.15) is 18.9 Å². The summed E-state index contributed by atoms with van der Waals surface area (Å²) < 4.78 is 41.3. The van der Waals surface area contributed by atoms with E-state index in [-0.39, 0.29) is 29.5 Å². The van der Waals surface area contributed by atoms with E-state index in [4.69, 9.17) is 0 Å². The number of carbonyl (C=O) groups is 2. The van der Waals surface area contributed by atoms with Crippen LogP contribution in [0.25, 0.3) is 0 Å². The molecule has 2 heterocycles. The largest absolute Gasteiger partial charge is 0.573 e. The number of nitrogens with zero attached hydrogens (tertiary/aromatic N) is 2. The molecule has 1 fully saturated rings. The summed E-state index contributed by atoms with van der Waals surface area (Å²) in [6, 6.07) is 4.02. The number of alkyl halides is 3. The normalized spacial score (nSPS) is 16.1. The van der Waals surface area contributed by atoms with Crippen molar-refractivity contribution in [3.8, 4) is 5.75 Å². The van der Waals surface area contributed by atoms with Gasteiger partial charge in [0, 0.05) is 24.8 Å². The van der Waals surface area contributed by atoms with E-state index in [2.05, 4.69) is 25.3 Å². The summed E-state index contributed by atoms with van der Waals surface area (Å²) in [6.45, 7) is 3.33. The number of nitrogens with one attached hydrogen (secondary N) is 3. The minimum Gasteiger partial charge on any atom is -0.404 e. The molecule has 0 radical (unpaired) electrons. The van der Waals surface area contributed by atoms with Crippen LogP contribution in [0.4, 0.5) is 29.6 Å². The highest BCUT2D eigenvalue weighted by molar-refractivity contribution is 5.99. The fourth-order valence-corrected chi connectivity index (χ4v) is 3.09. The molecule has 12 heteroatoms. The first kappa shape index (κ1) is 22.1. The standard InChI is InChI=1S/C19H20F3N5O4/c1-11-6-7-27(10-11)15(28)8-12-9-23-17(25-16(12)29)26-18(30)24-13-4-2-3-5-14(13)31-19(20,21)22/h2-5,9,11H,6-8,10H2,1H3,(H3,23,24,25,26,29,30)/t11-/m1/s1. The zero-order valence-electron chi connectivity index (χ0n) is 16.5. The van der Waals surface area contributed by atoms with Crippen LogP contribution < -0.4 is 20.9 Å². The van der Waals surface area contributed by atoms with E-state index >= 15 is 0 Å². The molecule has 0 spiro atoms. The minimum absolute atomic E-state index is 0.121. The van der Waals surface area contributed by atoms with Crippen molar-refractivity contribution >= 4 is 23.6 Å². The van der Waals surface area contributed by atoms with Gasteiger partial charge in [0.25, 0.3) is 5.56 Å². The Morgan fingerprint density at radius 3 is 2.68 bits per heavy atom. The van der Waals surface area contributed by atoms with Crippen LogP contribution in [0, 0.1) is 5.92 Å². The molecule has 3 amide bonds. The molecule has 1 aliphatic heterocycles. The summed E-state index contributed by atoms with van der Waals surface area (Å²) in [5, 5.41) is 4.41. The molecule has 9 nitrogen and oxygen atoms in total. The van der Waals surface area contributed by atoms with Crippen molar-refractivity contribution in [2.45, 2.75) is 26.1 Å². The number of likely N-dealkylation sites (tertiary alicyclic amines) is 1. The highest BCUT2D eigenvalue weighted by Crippen LogP contribution is 2.29. The second kappa shape index (κ2) is 9.06. The Hall–Kier alpha value is -3.57. The number of halogens is 3. The number of hydrogen-bond acceptors (Lipinski definition) is 5. The Bertz CT molecular complexity index is 1020. The summed E-state index contributed by atoms with van der Waals surface area (Å²) in [7, 11) is 0. The van der Waals surface area contributed by atoms with E-state index in [0.717, 1.165) is 12.5 Å². The number of aromatic amines is 1. The monoisotopic (exact) mass is 439 g/mol. The number of rotatable bonds is 5. The molecular weight excluding hydrogens is 419 g/mol. The van der Waals surface area contributed by atoms with Gasteiger partial charge in [-0.2, -0.15) is 0 Å². The first-order chi connectivity index (χ1) is 14.6. The highest BCUT2D eigenvalue weighted by atomic mass is 19.4. The molecule has 1 aromatic carbocycles. The fourth-order valence-electron chi connectivity index (χ4n) is 3.09. The van der Waals surface area contributed by atoms with Gasteiger partial charge in [0.1, 0.15) is 0 Å². The number of urea groups is 1. The second-order valence-corrected chi connectivity index (χ2v) is 7.12. The Balaban J connectivity index is 1.62. The lowest BCUT2D eigenvalue weighted by Gasteiger charge is -2.15. The third-order valence-electron chi connectivity index (χ3n) is 4.58. The number of aromatic nitrogens is 2. The van der Waals surface area contributed by atoms with Gasteiger partial charge in [0.05, 0.1) is 12.1 Å². The van der Waals surface area contributed by atoms with Crippen LogP contribution >= 0.6 is 0 Å². The first-order valence-electron chi connectivity index (χ1n) is 9.39. The lowest BCUT2D eigenvalue weighted by Crippen LogP contribution is -2.32. The van der Waals surface area contributed by atoms with Crippen molar-refractivity contribution in [1.29, 1.82) is 0 Å². The van der Waals surface area contributed by atoms with Gasteiger partial charge < -0.3 is 15.0 Å². The number of benzene rings is 1. The molecule has 3 N–H and O–H groups in total. The van der Waals surface area contributed by atoms with Crippen molar-refractivity contribution in [2.24, 2.45) is 5.92 Å². The number of amides is 3. The maximum absolute atomic E-state index is 12.5. The SMILES string of the molecule is C[C@@H]1CCN(C(=O)Cc2cnc(NC(=O)Nc3ccccc3OC(F)(F)F)[nH]c2=O)C1. The van der Waals surface area contributed by atoms with Crippen molar-refractivity contribution in [3.05, 3.63) is 46.4 Å². The van der Waals surface area contributed by atoms with E-state index in [1.54, 1.807) is 4.90 Å². The van der Waals surface area contributed by atoms with E-state index in [1.165, 1.54) is 24.4 Å². The molecule has 0 aliphatic carbocycles. The highest BCUT2D eigenvalue weighted by Gasteiger charge is 2.32. The Labute approximate surface area is 174 Å². The number of para-hydroxylation sites is 2. The van der Waals surface area contributed by atoms with Gasteiger partial charge in [-0.05, 0) is 24.5 Å². The molecule has 1 aliphatic rings. The molecule has 3 rings (SSSR count). The maximum Gasteiger partial charge on any atom is 0.573 e. The molecule has 1 aromatic heterocycles. The third kappa shape index (κ3) is 6.20. The van der Waals surface area contributed by atoms with Gasteiger partial charge in [0.15, 0.2) is 5.75 Å². The van der Waals surface area contributed by atoms with Gasteiger partial charge >= 0.3 is 12.4 Å². The lowest BCUT2D eigenvalue weighted by molar-refractivity contribution is -0.274. The molecular formula is C19H20F3N5O4. The minimum atomic E-state index is -4.93. The average molecular weight is 439 g/mol. The van der Waals surface area contributed by atoms with Gasteiger partial charge in [-0.15, -0.1) is 13.2 Å². The van der Waals surface area contributed by atoms with Crippen molar-refractivity contribution < 1.29 is 27.5 Å². The molecule has 1 saturated heterocycles. The summed E-state index contributed by atoms with van der Waals surface area (Å²) in [5.74, 6) is -0.604. The molecule has 0 bridgehead atoms. The van der Waals surface area contributed by atoms with Crippen molar-refractivity contribution in [3.63, 3.8) is 0 Å². The van der Waals surface area contributed by atoms with Crippen LogP contribution in [0.15, 0.2) is 35.3 Å². The average Bonchev–Trinajstić information content (AvgIpc) is 3.11. The predicted octanol–water partition coefficient (Wildman–Crippen LogP) is 2.72. The number of carbonyl (C=O) groups excluding carboxylic acids is 2. The number of ether oxygens (including phenoxy) is 1. The van der Waals surface area contributed by atoms with Gasteiger partial charge in [0.2, 0.25) is 11.9 Å². The predicted molar refractivity (Wildman–Crippen MR) is 105 cm³/mol. The van der Waals surface area contributed by atoms with Crippen LogP contribution in [0.2, 0.25) is 0 Å². The smallest absolute Gasteiger partial charge is 0.404 e. The molecule has 0 saturated carbocycles. The topological polar surface area (TPSA) is 116 Å². The van der Waals surface area contributed by atoms with Gasteiger partial charge in [-0.3, -0.25) is 19.9 Å². The van der Waals surface area contributed by atoms with Gasteiger partial charge in [-0.1, -0.05) is 19.1 Å². The number of anilines is 2. The van der Waals surface area contributed by atoms with Crippen LogP contribution in [-0.4, -0.2) is 46.3 Å². The molecule has 2 aromatic rings. The van der Waals surface area contributed by atoms with Crippen molar-refractivity contribution in [2.75, 3.05) is 23.7 Å². The molecule has 0 unspecified atom stereocenters. The van der Waals surface area contributed by atoms with E-state index in [1.807, 2.05) is 6.92 Å². The second-order valence-electron chi connectivity index (χ2n) is 7.12. The van der Waals surface area contributed by atoms with Crippen LogP contribution in [0.3, 0.4) is 0 Å². The maximum atomic E-state index is 12.5. The first-order valence-corrected chi connectivity index (χ1v) is 9.39. The van der Waals surface area contributed by atoms with E-state index < -0.39 is 23.7 Å². The summed E-state index contributed by atoms with van der Waals surface area (Å²) >= 11 is 0. The Morgan fingerprint density at radius 2 is 2.03 bits per heavy atom. The quantitative estimate of drug-likeness (QED) is 0.663. The molecule has 1 atom stereocenters. The Morgan fingerprint density at radius 1 is 1.29 bits per heavy atom. The van der Waals surface area contributed by atoms with Gasteiger partial charge in [-0.25, -0.2) is 9.78 Å². The number of hydrogen-bond donors (Lipinski definition) is 3. The zero-order chi connectivity index (χ0) is 22.6. The fraction of sp³-hybridized carbons (Fsp3) is 0.368. The molecule has 166 valence electrons. The summed E-state index contributed by atoms with van der Waals surface area (Å²) in [6.07, 6.45) is -2.97. The number of H-pyrrole nitrogens is 1. The summed E-state index contributed by atoms with van der Waals surface area (Å²) in [4.78, 5) is 44.5. The van der Waals surface area contributed by atoms with Crippen molar-refractivity contribution in [1.82, 2.24) is 14.9 Å². The lowest BCUT2D eigenvalue weighted by atomic mass is 10.2.